The second-order valence-electron chi connectivity index (χ2n) is 5.55. The first-order chi connectivity index (χ1) is 8.52. The predicted octanol–water partition coefficient (Wildman–Crippen LogP) is 3.29. The number of amides is 1. The minimum atomic E-state index is -2.55. The van der Waals surface area contributed by atoms with Crippen molar-refractivity contribution in [2.24, 2.45) is 11.8 Å². The van der Waals surface area contributed by atoms with E-state index in [9.17, 15) is 13.6 Å². The van der Waals surface area contributed by atoms with Crippen molar-refractivity contribution in [3.05, 3.63) is 0 Å². The third kappa shape index (κ3) is 3.34. The van der Waals surface area contributed by atoms with Gasteiger partial charge in [-0.05, 0) is 31.6 Å². The van der Waals surface area contributed by atoms with Crippen molar-refractivity contribution in [1.29, 1.82) is 0 Å². The quantitative estimate of drug-likeness (QED) is 0.726. The maximum Gasteiger partial charge on any atom is 0.248 e. The Hall–Kier alpha value is -0.380. The topological polar surface area (TPSA) is 20.3 Å². The van der Waals surface area contributed by atoms with Crippen molar-refractivity contribution in [3.63, 3.8) is 0 Å². The van der Waals surface area contributed by atoms with Crippen LogP contribution in [0.25, 0.3) is 0 Å². The fourth-order valence-corrected chi connectivity index (χ4v) is 3.28. The highest BCUT2D eigenvalue weighted by molar-refractivity contribution is 6.17. The minimum Gasteiger partial charge on any atom is -0.342 e. The van der Waals surface area contributed by atoms with Crippen molar-refractivity contribution in [2.45, 2.75) is 44.4 Å². The van der Waals surface area contributed by atoms with E-state index in [4.69, 9.17) is 11.6 Å². The van der Waals surface area contributed by atoms with Gasteiger partial charge < -0.3 is 4.90 Å². The van der Waals surface area contributed by atoms with Gasteiger partial charge in [0.1, 0.15) is 0 Å². The normalized spacial score (nSPS) is 28.6. The molecule has 0 radical (unpaired) electrons. The summed E-state index contributed by atoms with van der Waals surface area (Å²) in [6, 6.07) is 0. The van der Waals surface area contributed by atoms with Gasteiger partial charge in [-0.3, -0.25) is 4.79 Å². The Kier molecular flexibility index (Phi) is 4.46. The molecule has 1 amide bonds. The average molecular weight is 280 g/mol. The molecular weight excluding hydrogens is 260 g/mol. The number of hydrogen-bond donors (Lipinski definition) is 0. The lowest BCUT2D eigenvalue weighted by molar-refractivity contribution is -0.138. The molecule has 2 rings (SSSR count). The van der Waals surface area contributed by atoms with Crippen LogP contribution in [0.3, 0.4) is 0 Å². The van der Waals surface area contributed by atoms with E-state index in [0.717, 1.165) is 25.9 Å². The number of likely N-dealkylation sites (tertiary alicyclic amines) is 1. The molecule has 1 aliphatic carbocycles. The van der Waals surface area contributed by atoms with Crippen molar-refractivity contribution < 1.29 is 13.6 Å². The molecular formula is C13H20ClF2NO. The number of nitrogens with zero attached hydrogens (tertiary/aromatic N) is 1. The van der Waals surface area contributed by atoms with Crippen LogP contribution in [0, 0.1) is 11.8 Å². The molecule has 0 aromatic heterocycles. The number of rotatable bonds is 3. The molecule has 0 N–H and O–H groups in total. The Morgan fingerprint density at radius 3 is 2.56 bits per heavy atom. The highest BCUT2D eigenvalue weighted by Crippen LogP contribution is 2.37. The minimum absolute atomic E-state index is 0.0857. The summed E-state index contributed by atoms with van der Waals surface area (Å²) in [5.41, 5.74) is 0. The zero-order chi connectivity index (χ0) is 13.2. The van der Waals surface area contributed by atoms with Crippen LogP contribution in [-0.4, -0.2) is 35.7 Å². The molecule has 1 heterocycles. The van der Waals surface area contributed by atoms with Gasteiger partial charge in [0.25, 0.3) is 0 Å². The van der Waals surface area contributed by atoms with Gasteiger partial charge in [-0.2, -0.15) is 0 Å². The molecule has 2 fully saturated rings. The summed E-state index contributed by atoms with van der Waals surface area (Å²) >= 11 is 5.70. The van der Waals surface area contributed by atoms with Crippen LogP contribution in [0.4, 0.5) is 8.78 Å². The number of carbonyl (C=O) groups is 1. The number of carbonyl (C=O) groups excluding carboxylic acids is 1. The SMILES string of the molecule is O=C(C1CCC(F)(F)CC1)N1CCC(CCCl)C1. The summed E-state index contributed by atoms with van der Waals surface area (Å²) < 4.78 is 26.1. The Morgan fingerprint density at radius 1 is 1.28 bits per heavy atom. The van der Waals surface area contributed by atoms with Gasteiger partial charge >= 0.3 is 0 Å². The monoisotopic (exact) mass is 279 g/mol. The summed E-state index contributed by atoms with van der Waals surface area (Å²) in [6.45, 7) is 1.53. The lowest BCUT2D eigenvalue weighted by Crippen LogP contribution is -2.38. The smallest absolute Gasteiger partial charge is 0.248 e. The van der Waals surface area contributed by atoms with E-state index >= 15 is 0 Å². The lowest BCUT2D eigenvalue weighted by atomic mass is 9.86. The molecule has 0 aromatic carbocycles. The first-order valence-electron chi connectivity index (χ1n) is 6.74. The Bertz CT molecular complexity index is 301. The Labute approximate surface area is 112 Å². The van der Waals surface area contributed by atoms with Gasteiger partial charge in [0.15, 0.2) is 0 Å². The highest BCUT2D eigenvalue weighted by atomic mass is 35.5. The molecule has 104 valence electrons. The van der Waals surface area contributed by atoms with Crippen LogP contribution in [0.1, 0.15) is 38.5 Å². The molecule has 0 bridgehead atoms. The van der Waals surface area contributed by atoms with Crippen molar-refractivity contribution in [3.8, 4) is 0 Å². The molecule has 0 spiro atoms. The van der Waals surface area contributed by atoms with Gasteiger partial charge in [-0.15, -0.1) is 11.6 Å². The van der Waals surface area contributed by atoms with Crippen LogP contribution < -0.4 is 0 Å². The zero-order valence-corrected chi connectivity index (χ0v) is 11.3. The zero-order valence-electron chi connectivity index (χ0n) is 10.5. The van der Waals surface area contributed by atoms with Crippen molar-refractivity contribution in [2.75, 3.05) is 19.0 Å². The molecule has 2 nitrogen and oxygen atoms in total. The van der Waals surface area contributed by atoms with Gasteiger partial charge in [0, 0.05) is 37.7 Å². The molecule has 2 aliphatic rings. The first kappa shape index (κ1) is 14.0. The fourth-order valence-electron chi connectivity index (χ4n) is 2.97. The maximum absolute atomic E-state index is 13.0. The summed E-state index contributed by atoms with van der Waals surface area (Å²) in [5.74, 6) is -1.52. The number of alkyl halides is 3. The molecule has 1 saturated heterocycles. The van der Waals surface area contributed by atoms with E-state index in [1.165, 1.54) is 0 Å². The predicted molar refractivity (Wildman–Crippen MR) is 66.9 cm³/mol. The molecule has 1 saturated carbocycles. The average Bonchev–Trinajstić information content (AvgIpc) is 2.77. The molecule has 1 aliphatic heterocycles. The number of halogens is 3. The van der Waals surface area contributed by atoms with Gasteiger partial charge in [-0.25, -0.2) is 8.78 Å². The second kappa shape index (κ2) is 5.72. The van der Waals surface area contributed by atoms with Crippen LogP contribution in [0.5, 0.6) is 0 Å². The third-order valence-corrected chi connectivity index (χ3v) is 4.40. The largest absolute Gasteiger partial charge is 0.342 e. The third-order valence-electron chi connectivity index (χ3n) is 4.18. The fraction of sp³-hybridized carbons (Fsp3) is 0.923. The van der Waals surface area contributed by atoms with Crippen LogP contribution in [0.2, 0.25) is 0 Å². The number of hydrogen-bond acceptors (Lipinski definition) is 1. The van der Waals surface area contributed by atoms with Gasteiger partial charge in [0.05, 0.1) is 0 Å². The van der Waals surface area contributed by atoms with Crippen molar-refractivity contribution >= 4 is 17.5 Å². The van der Waals surface area contributed by atoms with Gasteiger partial charge in [0.2, 0.25) is 11.8 Å². The van der Waals surface area contributed by atoms with Gasteiger partial charge in [-0.1, -0.05) is 0 Å². The maximum atomic E-state index is 13.0. The molecule has 1 unspecified atom stereocenters. The highest BCUT2D eigenvalue weighted by Gasteiger charge is 2.39. The Balaban J connectivity index is 1.82. The summed E-state index contributed by atoms with van der Waals surface area (Å²) in [5, 5.41) is 0. The summed E-state index contributed by atoms with van der Waals surface area (Å²) in [7, 11) is 0. The summed E-state index contributed by atoms with van der Waals surface area (Å²) in [4.78, 5) is 14.1. The van der Waals surface area contributed by atoms with E-state index in [0.29, 0.717) is 24.6 Å². The molecule has 0 aromatic rings. The van der Waals surface area contributed by atoms with E-state index in [1.54, 1.807) is 0 Å². The molecule has 18 heavy (non-hydrogen) atoms. The van der Waals surface area contributed by atoms with E-state index in [2.05, 4.69) is 0 Å². The first-order valence-corrected chi connectivity index (χ1v) is 7.28. The van der Waals surface area contributed by atoms with E-state index in [-0.39, 0.29) is 24.7 Å². The second-order valence-corrected chi connectivity index (χ2v) is 5.92. The van der Waals surface area contributed by atoms with Crippen molar-refractivity contribution in [1.82, 2.24) is 4.90 Å². The van der Waals surface area contributed by atoms with E-state index in [1.807, 2.05) is 4.90 Å². The molecule has 1 atom stereocenters. The summed E-state index contributed by atoms with van der Waals surface area (Å²) in [6.07, 6.45) is 2.34. The van der Waals surface area contributed by atoms with E-state index < -0.39 is 5.92 Å². The molecule has 5 heteroatoms. The van der Waals surface area contributed by atoms with Crippen LogP contribution in [-0.2, 0) is 4.79 Å². The lowest BCUT2D eigenvalue weighted by Gasteiger charge is -2.30. The Morgan fingerprint density at radius 2 is 1.94 bits per heavy atom. The van der Waals surface area contributed by atoms with Crippen LogP contribution >= 0.6 is 11.6 Å². The standard InChI is InChI=1S/C13H20ClF2NO/c14-7-3-10-4-8-17(9-10)12(18)11-1-5-13(15,16)6-2-11/h10-11H,1-9H2. The van der Waals surface area contributed by atoms with Crippen LogP contribution in [0.15, 0.2) is 0 Å².